The van der Waals surface area contributed by atoms with Gasteiger partial charge in [-0.3, -0.25) is 4.79 Å². The van der Waals surface area contributed by atoms with E-state index in [1.165, 1.54) is 12.1 Å². The zero-order valence-corrected chi connectivity index (χ0v) is 20.6. The van der Waals surface area contributed by atoms with Gasteiger partial charge < -0.3 is 16.0 Å². The van der Waals surface area contributed by atoms with Crippen LogP contribution >= 0.6 is 28.1 Å². The Balaban J connectivity index is 1.53. The highest BCUT2D eigenvalue weighted by molar-refractivity contribution is 9.10. The second kappa shape index (κ2) is 9.20. The molecule has 2 fully saturated rings. The summed E-state index contributed by atoms with van der Waals surface area (Å²) in [6.07, 6.45) is 3.92. The second-order valence-electron chi connectivity index (χ2n) is 9.42. The lowest BCUT2D eigenvalue weighted by Crippen LogP contribution is -2.56. The van der Waals surface area contributed by atoms with Crippen molar-refractivity contribution in [1.29, 1.82) is 0 Å². The predicted octanol–water partition coefficient (Wildman–Crippen LogP) is 4.49. The maximum Gasteiger partial charge on any atom is 0.245 e. The molecule has 0 spiro atoms. The highest BCUT2D eigenvalue weighted by atomic mass is 79.9. The number of hydrogen-bond donors (Lipinski definition) is 2. The monoisotopic (exact) mass is 517 g/mol. The molecule has 7 heteroatoms. The van der Waals surface area contributed by atoms with Gasteiger partial charge in [0, 0.05) is 34.9 Å². The molecule has 1 atom stereocenters. The Kier molecular flexibility index (Phi) is 6.71. The number of piperidine rings is 1. The van der Waals surface area contributed by atoms with Crippen molar-refractivity contribution in [2.75, 3.05) is 13.1 Å². The summed E-state index contributed by atoms with van der Waals surface area (Å²) in [4.78, 5) is 16.1. The van der Waals surface area contributed by atoms with Crippen LogP contribution in [0.5, 0.6) is 0 Å². The van der Waals surface area contributed by atoms with Crippen molar-refractivity contribution in [2.45, 2.75) is 56.0 Å². The number of halogens is 2. The van der Waals surface area contributed by atoms with Gasteiger partial charge in [0.2, 0.25) is 5.91 Å². The average Bonchev–Trinajstić information content (AvgIpc) is 3.57. The van der Waals surface area contributed by atoms with Gasteiger partial charge in [-0.25, -0.2) is 4.39 Å². The Morgan fingerprint density at radius 2 is 1.72 bits per heavy atom. The first-order chi connectivity index (χ1) is 15.2. The smallest absolute Gasteiger partial charge is 0.245 e. The number of benzene rings is 2. The number of hydrogen-bond acceptors (Lipinski definition) is 3. The van der Waals surface area contributed by atoms with E-state index >= 15 is 0 Å². The van der Waals surface area contributed by atoms with Gasteiger partial charge in [0.25, 0.3) is 0 Å². The van der Waals surface area contributed by atoms with E-state index in [0.717, 1.165) is 41.3 Å². The third-order valence-electron chi connectivity index (χ3n) is 6.76. The fourth-order valence-electron chi connectivity index (χ4n) is 4.35. The van der Waals surface area contributed by atoms with E-state index in [1.54, 1.807) is 12.1 Å². The van der Waals surface area contributed by atoms with Gasteiger partial charge in [-0.2, -0.15) is 0 Å². The molecule has 0 radical (unpaired) electrons. The molecule has 1 amide bonds. The average molecular weight is 518 g/mol. The molecule has 0 aromatic heterocycles. The van der Waals surface area contributed by atoms with Gasteiger partial charge in [-0.15, -0.1) is 0 Å². The summed E-state index contributed by atoms with van der Waals surface area (Å²) in [7, 11) is 0. The minimum atomic E-state index is -0.455. The van der Waals surface area contributed by atoms with Crippen LogP contribution < -0.4 is 11.1 Å². The first-order valence-electron chi connectivity index (χ1n) is 11.1. The number of carbonyl (C=O) groups excluding carboxylic acids is 1. The van der Waals surface area contributed by atoms with Crippen LogP contribution in [0.15, 0.2) is 53.0 Å². The Hall–Kier alpha value is -1.83. The lowest BCUT2D eigenvalue weighted by molar-refractivity contribution is -0.134. The zero-order chi connectivity index (χ0) is 22.9. The SMILES string of the molecule is CC1(N)CCN(C(=O)[C@H](Cc2ccc(Br)cc2)NC(=S)C2(c3ccc(F)cc3)CC2)CC1. The van der Waals surface area contributed by atoms with Crippen LogP contribution in [-0.4, -0.2) is 40.5 Å². The molecule has 1 saturated heterocycles. The minimum Gasteiger partial charge on any atom is -0.367 e. The summed E-state index contributed by atoms with van der Waals surface area (Å²) in [5, 5.41) is 3.42. The number of rotatable bonds is 6. The van der Waals surface area contributed by atoms with Crippen LogP contribution in [0.1, 0.15) is 43.7 Å². The molecule has 0 unspecified atom stereocenters. The molecule has 2 aromatic rings. The van der Waals surface area contributed by atoms with Crippen molar-refractivity contribution < 1.29 is 9.18 Å². The van der Waals surface area contributed by atoms with Crippen LogP contribution in [0.4, 0.5) is 4.39 Å². The molecule has 32 heavy (non-hydrogen) atoms. The summed E-state index contributed by atoms with van der Waals surface area (Å²) in [6.45, 7) is 3.35. The fourth-order valence-corrected chi connectivity index (χ4v) is 5.08. The highest BCUT2D eigenvalue weighted by Gasteiger charge is 2.49. The van der Waals surface area contributed by atoms with Crippen molar-refractivity contribution in [1.82, 2.24) is 10.2 Å². The predicted molar refractivity (Wildman–Crippen MR) is 133 cm³/mol. The molecule has 170 valence electrons. The van der Waals surface area contributed by atoms with Crippen LogP contribution in [0, 0.1) is 5.82 Å². The van der Waals surface area contributed by atoms with Gasteiger partial charge in [0.1, 0.15) is 11.9 Å². The van der Waals surface area contributed by atoms with Crippen molar-refractivity contribution >= 4 is 39.0 Å². The maximum atomic E-state index is 13.5. The van der Waals surface area contributed by atoms with Crippen molar-refractivity contribution in [3.63, 3.8) is 0 Å². The molecule has 0 bridgehead atoms. The highest BCUT2D eigenvalue weighted by Crippen LogP contribution is 2.49. The third kappa shape index (κ3) is 5.21. The number of nitrogens with two attached hydrogens (primary N) is 1. The number of thiocarbonyl (C=S) groups is 1. The largest absolute Gasteiger partial charge is 0.367 e. The molecule has 4 nitrogen and oxygen atoms in total. The van der Waals surface area contributed by atoms with Crippen molar-refractivity contribution in [3.05, 3.63) is 69.9 Å². The molecular formula is C25H29BrFN3OS. The lowest BCUT2D eigenvalue weighted by atomic mass is 9.90. The van der Waals surface area contributed by atoms with E-state index in [0.29, 0.717) is 24.5 Å². The summed E-state index contributed by atoms with van der Waals surface area (Å²) in [6, 6.07) is 14.1. The zero-order valence-electron chi connectivity index (χ0n) is 18.2. The summed E-state index contributed by atoms with van der Waals surface area (Å²) in [5.74, 6) is -0.204. The van der Waals surface area contributed by atoms with Crippen molar-refractivity contribution in [2.24, 2.45) is 5.73 Å². The Morgan fingerprint density at radius 1 is 1.12 bits per heavy atom. The lowest BCUT2D eigenvalue weighted by Gasteiger charge is -2.38. The maximum absolute atomic E-state index is 13.5. The van der Waals surface area contributed by atoms with Crippen LogP contribution in [0.25, 0.3) is 0 Å². The standard InChI is InChI=1S/C25H29BrFN3OS/c1-24(28)12-14-30(15-13-24)22(31)21(16-17-2-6-19(26)7-3-17)29-23(32)25(10-11-25)18-4-8-20(27)9-5-18/h2-9,21H,10-16,28H2,1H3,(H,29,32)/t21-/m0/s1. The molecule has 4 rings (SSSR count). The van der Waals surface area contributed by atoms with Gasteiger partial charge in [0.05, 0.1) is 4.99 Å². The van der Waals surface area contributed by atoms with Gasteiger partial charge in [0.15, 0.2) is 0 Å². The summed E-state index contributed by atoms with van der Waals surface area (Å²) in [5.41, 5.74) is 7.81. The normalized spacial score (nSPS) is 19.8. The number of likely N-dealkylation sites (tertiary alicyclic amines) is 1. The van der Waals surface area contributed by atoms with Crippen LogP contribution in [0.3, 0.4) is 0 Å². The Bertz CT molecular complexity index is 979. The molecule has 1 aliphatic carbocycles. The molecular weight excluding hydrogens is 489 g/mol. The third-order valence-corrected chi connectivity index (χ3v) is 7.79. The first-order valence-corrected chi connectivity index (χ1v) is 12.3. The van der Waals surface area contributed by atoms with Gasteiger partial charge >= 0.3 is 0 Å². The summed E-state index contributed by atoms with van der Waals surface area (Å²) < 4.78 is 14.4. The molecule has 1 saturated carbocycles. The topological polar surface area (TPSA) is 58.4 Å². The van der Waals surface area contributed by atoms with Crippen LogP contribution in [0.2, 0.25) is 0 Å². The summed E-state index contributed by atoms with van der Waals surface area (Å²) >= 11 is 9.30. The van der Waals surface area contributed by atoms with E-state index in [9.17, 15) is 9.18 Å². The first kappa shape index (κ1) is 23.3. The number of amides is 1. The number of carbonyl (C=O) groups is 1. The van der Waals surface area contributed by atoms with E-state index in [2.05, 4.69) is 21.2 Å². The van der Waals surface area contributed by atoms with Crippen molar-refractivity contribution in [3.8, 4) is 0 Å². The van der Waals surface area contributed by atoms with E-state index in [1.807, 2.05) is 36.1 Å². The molecule has 1 aliphatic heterocycles. The number of nitrogens with one attached hydrogen (secondary N) is 1. The van der Waals surface area contributed by atoms with Gasteiger partial charge in [-0.05, 0) is 68.0 Å². The van der Waals surface area contributed by atoms with E-state index in [4.69, 9.17) is 18.0 Å². The van der Waals surface area contributed by atoms with E-state index < -0.39 is 6.04 Å². The molecule has 2 aromatic carbocycles. The van der Waals surface area contributed by atoms with E-state index in [-0.39, 0.29) is 22.7 Å². The second-order valence-corrected chi connectivity index (χ2v) is 10.7. The Labute approximate surface area is 202 Å². The molecule has 1 heterocycles. The van der Waals surface area contributed by atoms with Crippen LogP contribution in [-0.2, 0) is 16.6 Å². The minimum absolute atomic E-state index is 0.0562. The molecule has 2 aliphatic rings. The fraction of sp³-hybridized carbons (Fsp3) is 0.440. The number of nitrogens with zero attached hydrogens (tertiary/aromatic N) is 1. The van der Waals surface area contributed by atoms with Gasteiger partial charge in [-0.1, -0.05) is 52.4 Å². The Morgan fingerprint density at radius 3 is 2.28 bits per heavy atom. The quantitative estimate of drug-likeness (QED) is 0.554. The molecule has 3 N–H and O–H groups in total.